The van der Waals surface area contributed by atoms with Crippen LogP contribution in [0.3, 0.4) is 0 Å². The van der Waals surface area contributed by atoms with Crippen LogP contribution in [0.4, 0.5) is 0 Å². The van der Waals surface area contributed by atoms with E-state index in [2.05, 4.69) is 32.7 Å². The van der Waals surface area contributed by atoms with Crippen LogP contribution in [-0.4, -0.2) is 23.0 Å². The zero-order valence-electron chi connectivity index (χ0n) is 8.05. The average Bonchev–Trinajstić information content (AvgIpc) is 1.98. The maximum atomic E-state index is 5.24. The molecule has 0 aliphatic heterocycles. The Hall–Kier alpha value is -0.110. The largest absolute Gasteiger partial charge is 0.367 e. The molecule has 0 fully saturated rings. The van der Waals surface area contributed by atoms with Crippen LogP contribution in [0.2, 0.25) is 0 Å². The maximum Gasteiger partial charge on any atom is 0.0778 e. The standard InChI is InChI=1S/C9H19NS/c1-5-6-7-9(11)10(4)8(2)3/h8H,5-7H2,1-4H3. The van der Waals surface area contributed by atoms with Crippen LogP contribution < -0.4 is 0 Å². The molecule has 0 radical (unpaired) electrons. The molecule has 0 rings (SSSR count). The third-order valence-electron chi connectivity index (χ3n) is 1.91. The van der Waals surface area contributed by atoms with Crippen LogP contribution in [-0.2, 0) is 0 Å². The molecule has 0 bridgehead atoms. The van der Waals surface area contributed by atoms with Gasteiger partial charge in [0.15, 0.2) is 0 Å². The Bertz CT molecular complexity index is 121. The minimum atomic E-state index is 0.541. The van der Waals surface area contributed by atoms with Gasteiger partial charge < -0.3 is 4.90 Å². The van der Waals surface area contributed by atoms with Gasteiger partial charge in [0.25, 0.3) is 0 Å². The SMILES string of the molecule is CCCCC(=S)N(C)C(C)C. The highest BCUT2D eigenvalue weighted by Crippen LogP contribution is 2.04. The van der Waals surface area contributed by atoms with Crippen molar-refractivity contribution in [2.24, 2.45) is 0 Å². The van der Waals surface area contributed by atoms with Crippen molar-refractivity contribution in [3.63, 3.8) is 0 Å². The van der Waals surface area contributed by atoms with Gasteiger partial charge >= 0.3 is 0 Å². The molecule has 0 aromatic carbocycles. The molecule has 0 saturated carbocycles. The molecular formula is C9H19NS. The fourth-order valence-electron chi connectivity index (χ4n) is 0.792. The third kappa shape index (κ3) is 4.35. The van der Waals surface area contributed by atoms with E-state index in [1.54, 1.807) is 0 Å². The van der Waals surface area contributed by atoms with Crippen molar-refractivity contribution in [1.82, 2.24) is 4.90 Å². The van der Waals surface area contributed by atoms with Crippen molar-refractivity contribution in [1.29, 1.82) is 0 Å². The summed E-state index contributed by atoms with van der Waals surface area (Å²) in [5.74, 6) is 0. The molecule has 0 aliphatic rings. The van der Waals surface area contributed by atoms with E-state index in [1.165, 1.54) is 12.8 Å². The third-order valence-corrected chi connectivity index (χ3v) is 2.40. The smallest absolute Gasteiger partial charge is 0.0778 e. The van der Waals surface area contributed by atoms with Gasteiger partial charge in [0, 0.05) is 13.1 Å². The molecule has 0 N–H and O–H groups in total. The lowest BCUT2D eigenvalue weighted by Gasteiger charge is -2.24. The summed E-state index contributed by atoms with van der Waals surface area (Å²) in [5, 5.41) is 0. The molecule has 0 saturated heterocycles. The summed E-state index contributed by atoms with van der Waals surface area (Å²) in [5.41, 5.74) is 0. The van der Waals surface area contributed by atoms with E-state index in [0.717, 1.165) is 11.4 Å². The fourth-order valence-corrected chi connectivity index (χ4v) is 1.15. The molecule has 1 nitrogen and oxygen atoms in total. The summed E-state index contributed by atoms with van der Waals surface area (Å²) in [6.45, 7) is 6.52. The summed E-state index contributed by atoms with van der Waals surface area (Å²) in [6.07, 6.45) is 3.52. The molecule has 0 spiro atoms. The highest BCUT2D eigenvalue weighted by molar-refractivity contribution is 7.80. The molecule has 0 heterocycles. The van der Waals surface area contributed by atoms with Gasteiger partial charge in [0.2, 0.25) is 0 Å². The summed E-state index contributed by atoms with van der Waals surface area (Å²) < 4.78 is 0. The number of nitrogens with zero attached hydrogens (tertiary/aromatic N) is 1. The van der Waals surface area contributed by atoms with Gasteiger partial charge in [0.05, 0.1) is 4.99 Å². The lowest BCUT2D eigenvalue weighted by Crippen LogP contribution is -2.31. The van der Waals surface area contributed by atoms with Gasteiger partial charge in [-0.15, -0.1) is 0 Å². The second-order valence-electron chi connectivity index (χ2n) is 3.20. The lowest BCUT2D eigenvalue weighted by atomic mass is 10.2. The Balaban J connectivity index is 3.64. The van der Waals surface area contributed by atoms with Gasteiger partial charge in [-0.05, 0) is 26.7 Å². The maximum absolute atomic E-state index is 5.24. The monoisotopic (exact) mass is 173 g/mol. The summed E-state index contributed by atoms with van der Waals surface area (Å²) >= 11 is 5.24. The first kappa shape index (κ1) is 10.9. The van der Waals surface area contributed by atoms with E-state index < -0.39 is 0 Å². The van der Waals surface area contributed by atoms with E-state index in [-0.39, 0.29) is 0 Å². The van der Waals surface area contributed by atoms with Crippen molar-refractivity contribution in [2.45, 2.75) is 46.1 Å². The Morgan fingerprint density at radius 3 is 2.36 bits per heavy atom. The zero-order valence-corrected chi connectivity index (χ0v) is 8.87. The van der Waals surface area contributed by atoms with Crippen LogP contribution in [0.15, 0.2) is 0 Å². The molecule has 11 heavy (non-hydrogen) atoms. The number of rotatable bonds is 4. The van der Waals surface area contributed by atoms with Gasteiger partial charge in [-0.3, -0.25) is 0 Å². The number of hydrogen-bond acceptors (Lipinski definition) is 1. The second-order valence-corrected chi connectivity index (χ2v) is 3.67. The molecule has 0 amide bonds. The van der Waals surface area contributed by atoms with E-state index in [4.69, 9.17) is 12.2 Å². The molecular weight excluding hydrogens is 154 g/mol. The van der Waals surface area contributed by atoms with Gasteiger partial charge in [-0.1, -0.05) is 25.6 Å². The molecule has 2 heteroatoms. The second kappa shape index (κ2) is 5.53. The Morgan fingerprint density at radius 1 is 1.45 bits per heavy atom. The Morgan fingerprint density at radius 2 is 2.00 bits per heavy atom. The van der Waals surface area contributed by atoms with E-state index >= 15 is 0 Å². The van der Waals surface area contributed by atoms with E-state index in [9.17, 15) is 0 Å². The van der Waals surface area contributed by atoms with Crippen LogP contribution in [0, 0.1) is 0 Å². The molecule has 0 unspecified atom stereocenters. The van der Waals surface area contributed by atoms with Crippen LogP contribution in [0.25, 0.3) is 0 Å². The van der Waals surface area contributed by atoms with Gasteiger partial charge in [0.1, 0.15) is 0 Å². The summed E-state index contributed by atoms with van der Waals surface area (Å²) in [4.78, 5) is 3.27. The van der Waals surface area contributed by atoms with E-state index in [1.807, 2.05) is 0 Å². The molecule has 0 aliphatic carbocycles. The fraction of sp³-hybridized carbons (Fsp3) is 0.889. The number of hydrogen-bond donors (Lipinski definition) is 0. The first-order valence-corrected chi connectivity index (χ1v) is 4.76. The van der Waals surface area contributed by atoms with Crippen molar-refractivity contribution < 1.29 is 0 Å². The molecule has 0 aromatic heterocycles. The molecule has 0 atom stereocenters. The number of thiocarbonyl (C=S) groups is 1. The summed E-state index contributed by atoms with van der Waals surface area (Å²) in [7, 11) is 2.07. The van der Waals surface area contributed by atoms with Gasteiger partial charge in [-0.25, -0.2) is 0 Å². The lowest BCUT2D eigenvalue weighted by molar-refractivity contribution is 0.415. The molecule has 0 aromatic rings. The van der Waals surface area contributed by atoms with E-state index in [0.29, 0.717) is 6.04 Å². The first-order chi connectivity index (χ1) is 5.09. The predicted octanol–water partition coefficient (Wildman–Crippen LogP) is 2.84. The van der Waals surface area contributed by atoms with Crippen molar-refractivity contribution >= 4 is 17.2 Å². The van der Waals surface area contributed by atoms with Crippen molar-refractivity contribution in [2.75, 3.05) is 7.05 Å². The minimum absolute atomic E-state index is 0.541. The van der Waals surface area contributed by atoms with Crippen LogP contribution in [0.1, 0.15) is 40.0 Å². The first-order valence-electron chi connectivity index (χ1n) is 4.35. The van der Waals surface area contributed by atoms with Crippen LogP contribution in [0.5, 0.6) is 0 Å². The highest BCUT2D eigenvalue weighted by Gasteiger charge is 2.05. The highest BCUT2D eigenvalue weighted by atomic mass is 32.1. The quantitative estimate of drug-likeness (QED) is 0.601. The summed E-state index contributed by atoms with van der Waals surface area (Å²) in [6, 6.07) is 0.541. The van der Waals surface area contributed by atoms with Crippen molar-refractivity contribution in [3.8, 4) is 0 Å². The Labute approximate surface area is 75.8 Å². The van der Waals surface area contributed by atoms with Crippen molar-refractivity contribution in [3.05, 3.63) is 0 Å². The zero-order chi connectivity index (χ0) is 8.85. The van der Waals surface area contributed by atoms with Gasteiger partial charge in [-0.2, -0.15) is 0 Å². The molecule has 66 valence electrons. The normalized spacial score (nSPS) is 10.3. The van der Waals surface area contributed by atoms with Crippen LogP contribution >= 0.6 is 12.2 Å². The average molecular weight is 173 g/mol. The minimum Gasteiger partial charge on any atom is -0.367 e. The topological polar surface area (TPSA) is 3.24 Å². The number of unbranched alkanes of at least 4 members (excludes halogenated alkanes) is 1. The Kier molecular flexibility index (Phi) is 5.47. The predicted molar refractivity (Wildman–Crippen MR) is 55.0 cm³/mol.